The summed E-state index contributed by atoms with van der Waals surface area (Å²) in [6.45, 7) is 0. The van der Waals surface area contributed by atoms with Crippen LogP contribution in [-0.4, -0.2) is 11.9 Å². The van der Waals surface area contributed by atoms with Crippen LogP contribution in [0.15, 0.2) is 66.7 Å². The van der Waals surface area contributed by atoms with E-state index >= 15 is 0 Å². The van der Waals surface area contributed by atoms with E-state index in [9.17, 15) is 9.59 Å². The third-order valence-electron chi connectivity index (χ3n) is 7.94. The predicted molar refractivity (Wildman–Crippen MR) is 132 cm³/mol. The van der Waals surface area contributed by atoms with Gasteiger partial charge < -0.3 is 16.0 Å². The Balaban J connectivity index is 1.14. The third kappa shape index (κ3) is 3.86. The maximum absolute atomic E-state index is 13.4. The zero-order valence-corrected chi connectivity index (χ0v) is 18.6. The van der Waals surface area contributed by atoms with Gasteiger partial charge in [-0.25, -0.2) is 4.79 Å². The number of carbonyl (C=O) groups excluding carboxylic acids is 2. The molecule has 4 fully saturated rings. The zero-order valence-electron chi connectivity index (χ0n) is 18.6. The van der Waals surface area contributed by atoms with E-state index in [-0.39, 0.29) is 17.4 Å². The molecule has 3 amide bonds. The number of fused-ring (bicyclic) bond motifs is 1. The fourth-order valence-electron chi connectivity index (χ4n) is 6.95. The van der Waals surface area contributed by atoms with Crippen molar-refractivity contribution in [1.29, 1.82) is 0 Å². The van der Waals surface area contributed by atoms with Gasteiger partial charge in [-0.2, -0.15) is 0 Å². The molecule has 0 aromatic heterocycles. The van der Waals surface area contributed by atoms with Crippen LogP contribution >= 0.6 is 0 Å². The molecular weight excluding hydrogens is 410 g/mol. The Labute approximate surface area is 194 Å². The van der Waals surface area contributed by atoms with Crippen molar-refractivity contribution in [3.05, 3.63) is 66.7 Å². The molecule has 33 heavy (non-hydrogen) atoms. The molecule has 3 aromatic carbocycles. The van der Waals surface area contributed by atoms with Crippen molar-refractivity contribution in [3.63, 3.8) is 0 Å². The molecule has 0 aliphatic heterocycles. The molecule has 0 unspecified atom stereocenters. The number of rotatable bonds is 4. The van der Waals surface area contributed by atoms with Crippen molar-refractivity contribution in [1.82, 2.24) is 0 Å². The molecule has 3 N–H and O–H groups in total. The maximum atomic E-state index is 13.4. The van der Waals surface area contributed by atoms with Crippen LogP contribution in [0, 0.1) is 23.2 Å². The van der Waals surface area contributed by atoms with Gasteiger partial charge in [-0.3, -0.25) is 4.79 Å². The Kier molecular flexibility index (Phi) is 4.86. The van der Waals surface area contributed by atoms with Crippen molar-refractivity contribution in [2.24, 2.45) is 23.2 Å². The topological polar surface area (TPSA) is 70.2 Å². The Hall–Kier alpha value is -3.34. The highest BCUT2D eigenvalue weighted by molar-refractivity contribution is 6.06. The minimum absolute atomic E-state index is 0.166. The third-order valence-corrected chi connectivity index (χ3v) is 7.94. The predicted octanol–water partition coefficient (Wildman–Crippen LogP) is 6.64. The Morgan fingerprint density at radius 3 is 2.03 bits per heavy atom. The summed E-state index contributed by atoms with van der Waals surface area (Å²) < 4.78 is 0. The first-order valence-corrected chi connectivity index (χ1v) is 12.0. The molecule has 0 heterocycles. The Bertz CT molecular complexity index is 1190. The summed E-state index contributed by atoms with van der Waals surface area (Å²) in [7, 11) is 0. The van der Waals surface area contributed by atoms with Crippen molar-refractivity contribution in [2.45, 2.75) is 38.5 Å². The first-order valence-electron chi connectivity index (χ1n) is 12.0. The lowest BCUT2D eigenvalue weighted by molar-refractivity contribution is -0.140. The largest absolute Gasteiger partial charge is 0.326 e. The van der Waals surface area contributed by atoms with Crippen LogP contribution < -0.4 is 16.0 Å². The quantitative estimate of drug-likeness (QED) is 0.426. The van der Waals surface area contributed by atoms with E-state index in [1.165, 1.54) is 19.3 Å². The smallest absolute Gasteiger partial charge is 0.323 e. The maximum Gasteiger partial charge on any atom is 0.323 e. The molecule has 0 saturated heterocycles. The standard InChI is InChI=1S/C28H29N3O2/c32-26(28-15-18-11-19(16-28)13-20(12-18)17-28)29-22-7-4-8-23(14-22)30-27(33)31-25-10-3-6-21-5-1-2-9-24(21)25/h1-10,14,18-20H,11-13,15-17H2,(H,29,32)(H2,30,31,33). The Morgan fingerprint density at radius 2 is 1.30 bits per heavy atom. The molecule has 4 aliphatic carbocycles. The summed E-state index contributed by atoms with van der Waals surface area (Å²) >= 11 is 0. The lowest BCUT2D eigenvalue weighted by atomic mass is 9.49. The molecule has 5 nitrogen and oxygen atoms in total. The van der Waals surface area contributed by atoms with E-state index in [0.29, 0.717) is 5.69 Å². The summed E-state index contributed by atoms with van der Waals surface area (Å²) in [5.41, 5.74) is 1.95. The molecule has 0 spiro atoms. The lowest BCUT2D eigenvalue weighted by Gasteiger charge is -2.55. The molecule has 168 valence electrons. The summed E-state index contributed by atoms with van der Waals surface area (Å²) in [5.74, 6) is 2.35. The fourth-order valence-corrected chi connectivity index (χ4v) is 6.95. The highest BCUT2D eigenvalue weighted by Crippen LogP contribution is 2.60. The zero-order chi connectivity index (χ0) is 22.4. The van der Waals surface area contributed by atoms with E-state index in [1.54, 1.807) is 0 Å². The van der Waals surface area contributed by atoms with Gasteiger partial charge in [0.2, 0.25) is 5.91 Å². The first kappa shape index (κ1) is 20.3. The molecule has 5 heteroatoms. The van der Waals surface area contributed by atoms with Crippen molar-refractivity contribution in [3.8, 4) is 0 Å². The van der Waals surface area contributed by atoms with E-state index in [0.717, 1.165) is 59.2 Å². The van der Waals surface area contributed by atoms with Crippen molar-refractivity contribution >= 4 is 39.8 Å². The van der Waals surface area contributed by atoms with Crippen LogP contribution in [0.3, 0.4) is 0 Å². The van der Waals surface area contributed by atoms with Gasteiger partial charge >= 0.3 is 6.03 Å². The number of nitrogens with one attached hydrogen (secondary N) is 3. The number of carbonyl (C=O) groups is 2. The Morgan fingerprint density at radius 1 is 0.697 bits per heavy atom. The van der Waals surface area contributed by atoms with Crippen LogP contribution in [0.2, 0.25) is 0 Å². The lowest BCUT2D eigenvalue weighted by Crippen LogP contribution is -2.51. The van der Waals surface area contributed by atoms with Crippen LogP contribution in [0.25, 0.3) is 10.8 Å². The molecule has 4 bridgehead atoms. The number of urea groups is 1. The van der Waals surface area contributed by atoms with Gasteiger partial charge in [0.15, 0.2) is 0 Å². The minimum atomic E-state index is -0.309. The summed E-state index contributed by atoms with van der Waals surface area (Å²) in [6.07, 6.45) is 7.07. The molecular formula is C28H29N3O2. The van der Waals surface area contributed by atoms with Crippen LogP contribution in [0.4, 0.5) is 21.9 Å². The van der Waals surface area contributed by atoms with Gasteiger partial charge in [0, 0.05) is 16.8 Å². The second-order valence-corrected chi connectivity index (χ2v) is 10.3. The van der Waals surface area contributed by atoms with Gasteiger partial charge in [0.1, 0.15) is 0 Å². The van der Waals surface area contributed by atoms with E-state index < -0.39 is 0 Å². The van der Waals surface area contributed by atoms with Gasteiger partial charge in [-0.05, 0) is 85.9 Å². The highest BCUT2D eigenvalue weighted by Gasteiger charge is 2.54. The van der Waals surface area contributed by atoms with E-state index in [4.69, 9.17) is 0 Å². The molecule has 4 saturated carbocycles. The van der Waals surface area contributed by atoms with Crippen LogP contribution in [0.1, 0.15) is 38.5 Å². The van der Waals surface area contributed by atoms with Gasteiger partial charge in [-0.1, -0.05) is 42.5 Å². The molecule has 4 aliphatic rings. The summed E-state index contributed by atoms with van der Waals surface area (Å²) in [6, 6.07) is 20.9. The van der Waals surface area contributed by atoms with Gasteiger partial charge in [0.25, 0.3) is 0 Å². The fraction of sp³-hybridized carbons (Fsp3) is 0.357. The second kappa shape index (κ2) is 7.91. The molecule has 3 aromatic rings. The van der Waals surface area contributed by atoms with Gasteiger partial charge in [-0.15, -0.1) is 0 Å². The van der Waals surface area contributed by atoms with Crippen molar-refractivity contribution < 1.29 is 9.59 Å². The molecule has 7 rings (SSSR count). The molecule has 0 atom stereocenters. The highest BCUT2D eigenvalue weighted by atomic mass is 16.2. The summed E-state index contributed by atoms with van der Waals surface area (Å²) in [4.78, 5) is 26.0. The van der Waals surface area contributed by atoms with Crippen LogP contribution in [0.5, 0.6) is 0 Å². The number of benzene rings is 3. The van der Waals surface area contributed by atoms with E-state index in [2.05, 4.69) is 16.0 Å². The minimum Gasteiger partial charge on any atom is -0.326 e. The SMILES string of the molecule is O=C(Nc1cccc(NC(=O)C23CC4CC(CC(C4)C2)C3)c1)Nc1cccc2ccccc12. The number of hydrogen-bond acceptors (Lipinski definition) is 2. The van der Waals surface area contributed by atoms with Gasteiger partial charge in [0.05, 0.1) is 11.1 Å². The molecule has 0 radical (unpaired) electrons. The first-order chi connectivity index (χ1) is 16.1. The average Bonchev–Trinajstić information content (AvgIpc) is 2.79. The second-order valence-electron chi connectivity index (χ2n) is 10.3. The van der Waals surface area contributed by atoms with Crippen molar-refractivity contribution in [2.75, 3.05) is 16.0 Å². The normalized spacial score (nSPS) is 27.3. The number of anilines is 3. The van der Waals surface area contributed by atoms with E-state index in [1.807, 2.05) is 66.7 Å². The van der Waals surface area contributed by atoms with Crippen LogP contribution in [-0.2, 0) is 4.79 Å². The average molecular weight is 440 g/mol. The summed E-state index contributed by atoms with van der Waals surface area (Å²) in [5, 5.41) is 11.1. The number of amides is 3. The number of hydrogen-bond donors (Lipinski definition) is 3. The monoisotopic (exact) mass is 439 g/mol.